The van der Waals surface area contributed by atoms with Gasteiger partial charge in [-0.1, -0.05) is 60.7 Å². The van der Waals surface area contributed by atoms with E-state index >= 15 is 0 Å². The topological polar surface area (TPSA) is 46.9 Å². The zero-order valence-corrected chi connectivity index (χ0v) is 15.7. The standard InChI is InChI=1S/C21H21N3OS/c1-14-19-20(17-11-7-4-8-12-17)26-13-18(25)22-21(19)24(23-14)15(2)16-9-5-3-6-10-16/h3-12,15,20H,13H2,1-2H3,(H,22,25)/t15-,20+/m0/s1. The molecular formula is C21H21N3OS. The molecule has 1 aliphatic heterocycles. The van der Waals surface area contributed by atoms with Crippen molar-refractivity contribution >= 4 is 23.5 Å². The van der Waals surface area contributed by atoms with Gasteiger partial charge in [0.05, 0.1) is 22.7 Å². The number of fused-ring (bicyclic) bond motifs is 1. The largest absolute Gasteiger partial charge is 0.310 e. The Morgan fingerprint density at radius 3 is 2.46 bits per heavy atom. The summed E-state index contributed by atoms with van der Waals surface area (Å²) in [6.07, 6.45) is 0. The number of carbonyl (C=O) groups excluding carboxylic acids is 1. The highest BCUT2D eigenvalue weighted by Gasteiger charge is 2.31. The predicted molar refractivity (Wildman–Crippen MR) is 107 cm³/mol. The molecule has 26 heavy (non-hydrogen) atoms. The number of anilines is 1. The number of amides is 1. The van der Waals surface area contributed by atoms with E-state index in [0.29, 0.717) is 5.75 Å². The second-order valence-electron chi connectivity index (χ2n) is 6.53. The van der Waals surface area contributed by atoms with Crippen molar-refractivity contribution in [1.29, 1.82) is 0 Å². The normalized spacial score (nSPS) is 17.9. The van der Waals surface area contributed by atoms with E-state index in [1.54, 1.807) is 11.8 Å². The van der Waals surface area contributed by atoms with Gasteiger partial charge in [0.15, 0.2) is 0 Å². The molecule has 0 spiro atoms. The van der Waals surface area contributed by atoms with Crippen LogP contribution in [-0.4, -0.2) is 21.4 Å². The molecule has 1 amide bonds. The van der Waals surface area contributed by atoms with Crippen LogP contribution in [0.1, 0.15) is 40.6 Å². The van der Waals surface area contributed by atoms with E-state index in [1.165, 1.54) is 11.1 Å². The summed E-state index contributed by atoms with van der Waals surface area (Å²) >= 11 is 1.66. The van der Waals surface area contributed by atoms with Crippen molar-refractivity contribution in [3.8, 4) is 0 Å². The number of aromatic nitrogens is 2. The highest BCUT2D eigenvalue weighted by Crippen LogP contribution is 2.44. The Kier molecular flexibility index (Phi) is 4.55. The van der Waals surface area contributed by atoms with Crippen molar-refractivity contribution in [2.75, 3.05) is 11.1 Å². The Hall–Kier alpha value is -2.53. The summed E-state index contributed by atoms with van der Waals surface area (Å²) < 4.78 is 1.96. The van der Waals surface area contributed by atoms with E-state index < -0.39 is 0 Å². The van der Waals surface area contributed by atoms with Crippen LogP contribution in [0, 0.1) is 6.92 Å². The highest BCUT2D eigenvalue weighted by atomic mass is 32.2. The van der Waals surface area contributed by atoms with Crippen LogP contribution in [0.25, 0.3) is 0 Å². The molecule has 1 aromatic heterocycles. The summed E-state index contributed by atoms with van der Waals surface area (Å²) in [5, 5.41) is 8.01. The molecule has 2 heterocycles. The van der Waals surface area contributed by atoms with E-state index in [2.05, 4.69) is 36.5 Å². The number of nitrogens with one attached hydrogen (secondary N) is 1. The molecule has 1 N–H and O–H groups in total. The molecule has 1 aliphatic rings. The van der Waals surface area contributed by atoms with E-state index in [4.69, 9.17) is 5.10 Å². The molecule has 3 aromatic rings. The van der Waals surface area contributed by atoms with Crippen LogP contribution >= 0.6 is 11.8 Å². The Morgan fingerprint density at radius 1 is 1.12 bits per heavy atom. The summed E-state index contributed by atoms with van der Waals surface area (Å²) in [6, 6.07) is 20.6. The minimum Gasteiger partial charge on any atom is -0.310 e. The minimum absolute atomic E-state index is 0.0242. The monoisotopic (exact) mass is 363 g/mol. The molecule has 4 rings (SSSR count). The van der Waals surface area contributed by atoms with Gasteiger partial charge < -0.3 is 5.32 Å². The van der Waals surface area contributed by atoms with E-state index in [-0.39, 0.29) is 17.2 Å². The maximum absolute atomic E-state index is 12.4. The van der Waals surface area contributed by atoms with Crippen LogP contribution in [0.2, 0.25) is 0 Å². The van der Waals surface area contributed by atoms with Gasteiger partial charge in [0.1, 0.15) is 5.82 Å². The number of hydrogen-bond donors (Lipinski definition) is 1. The Bertz CT molecular complexity index is 921. The molecule has 2 aromatic carbocycles. The predicted octanol–water partition coefficient (Wildman–Crippen LogP) is 4.58. The number of rotatable bonds is 3. The number of thioether (sulfide) groups is 1. The van der Waals surface area contributed by atoms with Gasteiger partial charge in [-0.25, -0.2) is 4.68 Å². The van der Waals surface area contributed by atoms with Crippen LogP contribution < -0.4 is 5.32 Å². The fourth-order valence-corrected chi connectivity index (χ4v) is 4.64. The number of hydrogen-bond acceptors (Lipinski definition) is 3. The Labute approximate surface area is 157 Å². The third kappa shape index (κ3) is 3.03. The molecule has 0 fully saturated rings. The van der Waals surface area contributed by atoms with E-state index in [9.17, 15) is 4.79 Å². The lowest BCUT2D eigenvalue weighted by atomic mass is 10.0. The van der Waals surface area contributed by atoms with Gasteiger partial charge in [0.25, 0.3) is 0 Å². The van der Waals surface area contributed by atoms with Crippen LogP contribution in [0.5, 0.6) is 0 Å². The lowest BCUT2D eigenvalue weighted by Gasteiger charge is -2.18. The van der Waals surface area contributed by atoms with Crippen LogP contribution in [0.4, 0.5) is 5.82 Å². The number of carbonyl (C=O) groups is 1. The first-order valence-electron chi connectivity index (χ1n) is 8.75. The molecule has 0 radical (unpaired) electrons. The summed E-state index contributed by atoms with van der Waals surface area (Å²) in [6.45, 7) is 4.14. The van der Waals surface area contributed by atoms with Gasteiger partial charge in [0.2, 0.25) is 5.91 Å². The van der Waals surface area contributed by atoms with Crippen LogP contribution in [0.3, 0.4) is 0 Å². The average Bonchev–Trinajstić information content (AvgIpc) is 2.88. The maximum atomic E-state index is 12.4. The Balaban J connectivity index is 1.84. The minimum atomic E-state index is 0.0242. The molecule has 4 nitrogen and oxygen atoms in total. The van der Waals surface area contributed by atoms with Gasteiger partial charge >= 0.3 is 0 Å². The van der Waals surface area contributed by atoms with Gasteiger partial charge in [-0.05, 0) is 25.0 Å². The van der Waals surface area contributed by atoms with Crippen LogP contribution in [0.15, 0.2) is 60.7 Å². The number of benzene rings is 2. The summed E-state index contributed by atoms with van der Waals surface area (Å²) in [5.74, 6) is 1.28. The van der Waals surface area contributed by atoms with Crippen LogP contribution in [-0.2, 0) is 4.79 Å². The van der Waals surface area contributed by atoms with Crippen molar-refractivity contribution in [1.82, 2.24) is 9.78 Å². The third-order valence-corrected chi connectivity index (χ3v) is 6.05. The van der Waals surface area contributed by atoms with E-state index in [1.807, 2.05) is 48.0 Å². The quantitative estimate of drug-likeness (QED) is 0.741. The zero-order chi connectivity index (χ0) is 18.1. The van der Waals surface area contributed by atoms with Gasteiger partial charge in [-0.3, -0.25) is 4.79 Å². The smallest absolute Gasteiger partial charge is 0.235 e. The zero-order valence-electron chi connectivity index (χ0n) is 14.8. The molecule has 0 saturated heterocycles. The molecule has 0 saturated carbocycles. The average molecular weight is 363 g/mol. The molecule has 132 valence electrons. The summed E-state index contributed by atoms with van der Waals surface area (Å²) in [4.78, 5) is 12.4. The third-order valence-electron chi connectivity index (χ3n) is 4.78. The lowest BCUT2D eigenvalue weighted by molar-refractivity contribution is -0.113. The van der Waals surface area contributed by atoms with Gasteiger partial charge in [0, 0.05) is 5.56 Å². The number of nitrogens with zero attached hydrogens (tertiary/aromatic N) is 2. The summed E-state index contributed by atoms with van der Waals surface area (Å²) in [5.41, 5.74) is 4.44. The SMILES string of the molecule is Cc1nn([C@@H](C)c2ccccc2)c2c1[C@@H](c1ccccc1)SCC(=O)N2. The molecule has 5 heteroatoms. The fraction of sp³-hybridized carbons (Fsp3) is 0.238. The van der Waals surface area contributed by atoms with E-state index in [0.717, 1.165) is 17.1 Å². The maximum Gasteiger partial charge on any atom is 0.235 e. The molecule has 0 unspecified atom stereocenters. The highest BCUT2D eigenvalue weighted by molar-refractivity contribution is 8.00. The van der Waals surface area contributed by atoms with Crippen molar-refractivity contribution in [3.05, 3.63) is 83.0 Å². The summed E-state index contributed by atoms with van der Waals surface area (Å²) in [7, 11) is 0. The Morgan fingerprint density at radius 2 is 1.77 bits per heavy atom. The molecule has 0 bridgehead atoms. The molecule has 2 atom stereocenters. The van der Waals surface area contributed by atoms with Gasteiger partial charge in [-0.2, -0.15) is 5.10 Å². The first kappa shape index (κ1) is 16.9. The van der Waals surface area contributed by atoms with Crippen molar-refractivity contribution in [3.63, 3.8) is 0 Å². The van der Waals surface area contributed by atoms with Crippen molar-refractivity contribution in [2.45, 2.75) is 25.1 Å². The van der Waals surface area contributed by atoms with Crippen molar-refractivity contribution in [2.24, 2.45) is 0 Å². The lowest BCUT2D eigenvalue weighted by Crippen LogP contribution is -2.18. The fourth-order valence-electron chi connectivity index (χ4n) is 3.45. The molecular weight excluding hydrogens is 342 g/mol. The second kappa shape index (κ2) is 7.00. The molecule has 0 aliphatic carbocycles. The van der Waals surface area contributed by atoms with Crippen molar-refractivity contribution < 1.29 is 4.79 Å². The van der Waals surface area contributed by atoms with Gasteiger partial charge in [-0.15, -0.1) is 11.8 Å². The number of aryl methyl sites for hydroxylation is 1. The first-order valence-corrected chi connectivity index (χ1v) is 9.80. The second-order valence-corrected chi connectivity index (χ2v) is 7.62. The first-order chi connectivity index (χ1) is 12.6.